The van der Waals surface area contributed by atoms with Gasteiger partial charge in [-0.05, 0) is 32.1 Å². The predicted octanol–water partition coefficient (Wildman–Crippen LogP) is 1.75. The van der Waals surface area contributed by atoms with Gasteiger partial charge in [-0.2, -0.15) is 0 Å². The monoisotopic (exact) mass is 479 g/mol. The number of aliphatic imine (C=N–C) groups is 1. The third-order valence-corrected chi connectivity index (χ3v) is 6.15. The zero-order valence-corrected chi connectivity index (χ0v) is 18.9. The third-order valence-electron chi connectivity index (χ3n) is 6.15. The van der Waals surface area contributed by atoms with Crippen LogP contribution in [0.5, 0.6) is 0 Å². The Labute approximate surface area is 176 Å². The molecule has 3 saturated heterocycles. The molecule has 0 aromatic heterocycles. The van der Waals surface area contributed by atoms with Crippen LogP contribution in [0.15, 0.2) is 4.99 Å². The number of hydrogen-bond acceptors (Lipinski definition) is 4. The average molecular weight is 479 g/mol. The van der Waals surface area contributed by atoms with Crippen molar-refractivity contribution in [3.8, 4) is 0 Å². The molecule has 1 aliphatic carbocycles. The summed E-state index contributed by atoms with van der Waals surface area (Å²) < 4.78 is 6.02. The molecule has 3 heterocycles. The molecule has 26 heavy (non-hydrogen) atoms. The Morgan fingerprint density at radius 3 is 2.46 bits per heavy atom. The topological polar surface area (TPSA) is 52.1 Å². The van der Waals surface area contributed by atoms with Crippen LogP contribution >= 0.6 is 24.0 Å². The van der Waals surface area contributed by atoms with Gasteiger partial charge in [0, 0.05) is 65.5 Å². The lowest BCUT2D eigenvalue weighted by Gasteiger charge is -2.47. The number of nitrogens with zero attached hydrogens (tertiary/aromatic N) is 3. The Morgan fingerprint density at radius 2 is 1.88 bits per heavy atom. The Balaban J connectivity index is 0.00000243. The molecule has 4 rings (SSSR count). The first-order chi connectivity index (χ1) is 12.3. The molecule has 1 saturated carbocycles. The van der Waals surface area contributed by atoms with E-state index in [0.29, 0.717) is 12.1 Å². The number of rotatable bonds is 8. The second-order valence-electron chi connectivity index (χ2n) is 7.70. The van der Waals surface area contributed by atoms with Gasteiger partial charge in [0.05, 0.1) is 6.10 Å². The van der Waals surface area contributed by atoms with Crippen LogP contribution in [-0.4, -0.2) is 87.4 Å². The first kappa shape index (κ1) is 22.2. The molecule has 0 spiro atoms. The summed E-state index contributed by atoms with van der Waals surface area (Å²) in [4.78, 5) is 9.59. The predicted molar refractivity (Wildman–Crippen MR) is 119 cm³/mol. The number of guanidine groups is 1. The van der Waals surface area contributed by atoms with Gasteiger partial charge in [-0.1, -0.05) is 12.8 Å². The average Bonchev–Trinajstić information content (AvgIpc) is 3.19. The SMILES string of the molecule is CCOC(CCNC(=NC)NCC1CN2CCN1CC2)C1CCCC1.I. The normalized spacial score (nSPS) is 30.1. The second-order valence-corrected chi connectivity index (χ2v) is 7.70. The fraction of sp³-hybridized carbons (Fsp3) is 0.947. The summed E-state index contributed by atoms with van der Waals surface area (Å²) in [5.74, 6) is 1.69. The maximum Gasteiger partial charge on any atom is 0.191 e. The number of nitrogens with one attached hydrogen (secondary N) is 2. The molecule has 3 aliphatic heterocycles. The lowest BCUT2D eigenvalue weighted by Crippen LogP contribution is -2.63. The Hall–Kier alpha value is -0.120. The summed E-state index contributed by atoms with van der Waals surface area (Å²) in [7, 11) is 1.86. The molecular formula is C19H38IN5O. The lowest BCUT2D eigenvalue weighted by molar-refractivity contribution is 0.0150. The van der Waals surface area contributed by atoms with E-state index < -0.39 is 0 Å². The zero-order chi connectivity index (χ0) is 17.5. The standard InChI is InChI=1S/C19H37N5O.HI/c1-3-25-18(16-6-4-5-7-16)8-9-21-19(20-2)22-14-17-15-23-10-12-24(17)13-11-23;/h16-18H,3-15H2,1-2H3,(H2,20,21,22);1H. The lowest BCUT2D eigenvalue weighted by atomic mass is 9.98. The van der Waals surface area contributed by atoms with Gasteiger partial charge in [-0.3, -0.25) is 14.8 Å². The number of fused-ring (bicyclic) bond motifs is 3. The highest BCUT2D eigenvalue weighted by Crippen LogP contribution is 2.30. The van der Waals surface area contributed by atoms with Crippen LogP contribution in [-0.2, 0) is 4.74 Å². The molecule has 4 aliphatic rings. The van der Waals surface area contributed by atoms with Gasteiger partial charge in [0.25, 0.3) is 0 Å². The van der Waals surface area contributed by atoms with Crippen molar-refractivity contribution in [2.24, 2.45) is 10.9 Å². The highest BCUT2D eigenvalue weighted by molar-refractivity contribution is 14.0. The van der Waals surface area contributed by atoms with E-state index in [4.69, 9.17) is 4.74 Å². The highest BCUT2D eigenvalue weighted by atomic mass is 127. The van der Waals surface area contributed by atoms with Gasteiger partial charge >= 0.3 is 0 Å². The maximum atomic E-state index is 6.02. The number of hydrogen-bond donors (Lipinski definition) is 2. The van der Waals surface area contributed by atoms with E-state index in [-0.39, 0.29) is 24.0 Å². The minimum atomic E-state index is 0. The van der Waals surface area contributed by atoms with Crippen molar-refractivity contribution in [1.29, 1.82) is 0 Å². The van der Waals surface area contributed by atoms with E-state index in [0.717, 1.165) is 38.0 Å². The number of ether oxygens (including phenoxy) is 1. The molecule has 2 unspecified atom stereocenters. The summed E-state index contributed by atoms with van der Waals surface area (Å²) in [5.41, 5.74) is 0. The van der Waals surface area contributed by atoms with Crippen LogP contribution in [0.3, 0.4) is 0 Å². The Morgan fingerprint density at radius 1 is 1.15 bits per heavy atom. The van der Waals surface area contributed by atoms with Gasteiger partial charge in [-0.25, -0.2) is 0 Å². The third kappa shape index (κ3) is 6.21. The van der Waals surface area contributed by atoms with Crippen LogP contribution in [0.25, 0.3) is 0 Å². The van der Waals surface area contributed by atoms with Crippen LogP contribution in [0.1, 0.15) is 39.0 Å². The molecule has 0 amide bonds. The van der Waals surface area contributed by atoms with E-state index in [1.54, 1.807) is 0 Å². The van der Waals surface area contributed by atoms with Crippen molar-refractivity contribution in [1.82, 2.24) is 20.4 Å². The first-order valence-corrected chi connectivity index (χ1v) is 10.3. The van der Waals surface area contributed by atoms with Crippen molar-refractivity contribution in [2.75, 3.05) is 59.5 Å². The Bertz CT molecular complexity index is 422. The molecule has 4 fully saturated rings. The molecule has 0 radical (unpaired) electrons. The minimum Gasteiger partial charge on any atom is -0.378 e. The van der Waals surface area contributed by atoms with Crippen LogP contribution < -0.4 is 10.6 Å². The molecule has 152 valence electrons. The Kier molecular flexibility index (Phi) is 9.94. The minimum absolute atomic E-state index is 0. The number of piperazine rings is 3. The quantitative estimate of drug-likeness (QED) is 0.316. The summed E-state index contributed by atoms with van der Waals surface area (Å²) in [6, 6.07) is 0.621. The van der Waals surface area contributed by atoms with Crippen molar-refractivity contribution in [3.63, 3.8) is 0 Å². The smallest absolute Gasteiger partial charge is 0.191 e. The summed E-state index contributed by atoms with van der Waals surface area (Å²) in [6.07, 6.45) is 6.91. The molecule has 2 bridgehead atoms. The molecule has 0 aromatic carbocycles. The van der Waals surface area contributed by atoms with E-state index in [1.807, 2.05) is 7.05 Å². The van der Waals surface area contributed by atoms with Gasteiger partial charge in [-0.15, -0.1) is 24.0 Å². The first-order valence-electron chi connectivity index (χ1n) is 10.3. The largest absolute Gasteiger partial charge is 0.378 e. The highest BCUT2D eigenvalue weighted by Gasteiger charge is 2.31. The summed E-state index contributed by atoms with van der Waals surface area (Å²) in [5, 5.41) is 7.02. The molecular weight excluding hydrogens is 441 g/mol. The fourth-order valence-corrected chi connectivity index (χ4v) is 4.68. The second kappa shape index (κ2) is 11.7. The zero-order valence-electron chi connectivity index (χ0n) is 16.6. The molecule has 2 N–H and O–H groups in total. The van der Waals surface area contributed by atoms with Gasteiger partial charge < -0.3 is 15.4 Å². The van der Waals surface area contributed by atoms with Gasteiger partial charge in [0.2, 0.25) is 0 Å². The van der Waals surface area contributed by atoms with Crippen LogP contribution in [0.4, 0.5) is 0 Å². The van der Waals surface area contributed by atoms with Crippen molar-refractivity contribution >= 4 is 29.9 Å². The van der Waals surface area contributed by atoms with E-state index >= 15 is 0 Å². The molecule has 6 nitrogen and oxygen atoms in total. The molecule has 0 aromatic rings. The van der Waals surface area contributed by atoms with E-state index in [1.165, 1.54) is 58.4 Å². The van der Waals surface area contributed by atoms with Crippen LogP contribution in [0.2, 0.25) is 0 Å². The molecule has 7 heteroatoms. The number of halogens is 1. The van der Waals surface area contributed by atoms with Crippen molar-refractivity contribution in [3.05, 3.63) is 0 Å². The van der Waals surface area contributed by atoms with E-state index in [9.17, 15) is 0 Å². The maximum absolute atomic E-state index is 6.02. The van der Waals surface area contributed by atoms with Crippen LogP contribution in [0, 0.1) is 5.92 Å². The molecule has 2 atom stereocenters. The van der Waals surface area contributed by atoms with Crippen molar-refractivity contribution < 1.29 is 4.74 Å². The van der Waals surface area contributed by atoms with Crippen molar-refractivity contribution in [2.45, 2.75) is 51.2 Å². The summed E-state index contributed by atoms with van der Waals surface area (Å²) >= 11 is 0. The van der Waals surface area contributed by atoms with Gasteiger partial charge in [0.15, 0.2) is 5.96 Å². The summed E-state index contributed by atoms with van der Waals surface area (Å²) in [6.45, 7) is 11.0. The van der Waals surface area contributed by atoms with E-state index in [2.05, 4.69) is 32.3 Å². The fourth-order valence-electron chi connectivity index (χ4n) is 4.68. The van der Waals surface area contributed by atoms with Gasteiger partial charge in [0.1, 0.15) is 0 Å².